The molecule has 6 heteroatoms. The van der Waals surface area contributed by atoms with Crippen molar-refractivity contribution in [2.24, 2.45) is 5.41 Å². The molecule has 1 saturated carbocycles. The first-order chi connectivity index (χ1) is 10.6. The van der Waals surface area contributed by atoms with Gasteiger partial charge in [-0.25, -0.2) is 9.78 Å². The highest BCUT2D eigenvalue weighted by atomic mass is 16.3. The van der Waals surface area contributed by atoms with Crippen LogP contribution in [-0.4, -0.2) is 40.2 Å². The van der Waals surface area contributed by atoms with Crippen LogP contribution in [0.15, 0.2) is 24.5 Å². The highest BCUT2D eigenvalue weighted by Gasteiger charge is 2.42. The third-order valence-electron chi connectivity index (χ3n) is 4.31. The molecule has 2 aromatic heterocycles. The number of imidazole rings is 1. The summed E-state index contributed by atoms with van der Waals surface area (Å²) in [5, 5.41) is 14.9. The molecule has 2 heterocycles. The highest BCUT2D eigenvalue weighted by molar-refractivity contribution is 5.73. The molecule has 118 valence electrons. The summed E-state index contributed by atoms with van der Waals surface area (Å²) in [6.45, 7) is 3.27. The summed E-state index contributed by atoms with van der Waals surface area (Å²) in [5.41, 5.74) is 3.00. The number of hydrogen-bond acceptors (Lipinski definition) is 3. The number of hydrogen-bond donors (Lipinski definition) is 3. The van der Waals surface area contributed by atoms with Gasteiger partial charge >= 0.3 is 6.03 Å². The molecule has 0 radical (unpaired) electrons. The lowest BCUT2D eigenvalue weighted by Crippen LogP contribution is -2.40. The number of nitrogens with one attached hydrogen (secondary N) is 2. The van der Waals surface area contributed by atoms with Crippen LogP contribution >= 0.6 is 0 Å². The van der Waals surface area contributed by atoms with Gasteiger partial charge in [-0.05, 0) is 31.4 Å². The van der Waals surface area contributed by atoms with Gasteiger partial charge in [0.25, 0.3) is 0 Å². The van der Waals surface area contributed by atoms with Crippen LogP contribution in [0.1, 0.15) is 24.1 Å². The minimum atomic E-state index is -0.181. The molecule has 3 rings (SSSR count). The van der Waals surface area contributed by atoms with Gasteiger partial charge in [-0.3, -0.25) is 0 Å². The minimum Gasteiger partial charge on any atom is -0.396 e. The number of aromatic nitrogens is 2. The van der Waals surface area contributed by atoms with Crippen LogP contribution in [0.25, 0.3) is 5.65 Å². The molecular formula is C16H22N4O2. The number of nitrogens with zero attached hydrogens (tertiary/aromatic N) is 2. The molecule has 0 aliphatic heterocycles. The zero-order valence-electron chi connectivity index (χ0n) is 12.8. The second-order valence-electron chi connectivity index (χ2n) is 6.17. The Morgan fingerprint density at radius 2 is 2.27 bits per heavy atom. The predicted octanol–water partition coefficient (Wildman–Crippen LogP) is 1.26. The smallest absolute Gasteiger partial charge is 0.314 e. The van der Waals surface area contributed by atoms with Crippen molar-refractivity contribution in [1.29, 1.82) is 0 Å². The second-order valence-corrected chi connectivity index (χ2v) is 6.17. The van der Waals surface area contributed by atoms with Crippen molar-refractivity contribution in [2.75, 3.05) is 19.7 Å². The number of aliphatic hydroxyl groups is 1. The Bertz CT molecular complexity index is 676. The molecule has 0 spiro atoms. The van der Waals surface area contributed by atoms with E-state index in [4.69, 9.17) is 0 Å². The predicted molar refractivity (Wildman–Crippen MR) is 83.8 cm³/mol. The van der Waals surface area contributed by atoms with Gasteiger partial charge in [0.2, 0.25) is 0 Å². The van der Waals surface area contributed by atoms with E-state index >= 15 is 0 Å². The van der Waals surface area contributed by atoms with E-state index in [9.17, 15) is 9.90 Å². The third kappa shape index (κ3) is 3.22. The monoisotopic (exact) mass is 302 g/mol. The van der Waals surface area contributed by atoms with Gasteiger partial charge in [0, 0.05) is 37.3 Å². The van der Waals surface area contributed by atoms with Crippen LogP contribution in [0.3, 0.4) is 0 Å². The van der Waals surface area contributed by atoms with Crippen molar-refractivity contribution in [3.63, 3.8) is 0 Å². The number of amides is 2. The maximum Gasteiger partial charge on any atom is 0.314 e. The number of aliphatic hydroxyl groups excluding tert-OH is 1. The first-order valence-corrected chi connectivity index (χ1v) is 7.68. The fourth-order valence-corrected chi connectivity index (χ4v) is 2.53. The molecule has 2 amide bonds. The van der Waals surface area contributed by atoms with E-state index in [0.717, 1.165) is 29.7 Å². The fraction of sp³-hybridized carbons (Fsp3) is 0.500. The SMILES string of the molecule is Cc1cccn2cc(CCNC(=O)NCC3(CO)CC3)nc12. The Morgan fingerprint density at radius 1 is 1.45 bits per heavy atom. The molecule has 1 aliphatic rings. The van der Waals surface area contributed by atoms with E-state index in [1.54, 1.807) is 0 Å². The van der Waals surface area contributed by atoms with Crippen molar-refractivity contribution >= 4 is 11.7 Å². The molecule has 1 fully saturated rings. The third-order valence-corrected chi connectivity index (χ3v) is 4.31. The minimum absolute atomic E-state index is 0.0591. The quantitative estimate of drug-likeness (QED) is 0.751. The van der Waals surface area contributed by atoms with Crippen LogP contribution in [-0.2, 0) is 6.42 Å². The Balaban J connectivity index is 1.45. The lowest BCUT2D eigenvalue weighted by molar-refractivity contribution is 0.203. The van der Waals surface area contributed by atoms with Gasteiger partial charge in [0.05, 0.1) is 12.3 Å². The number of aryl methyl sites for hydroxylation is 1. The molecule has 0 atom stereocenters. The number of rotatable bonds is 6. The first kappa shape index (κ1) is 14.8. The van der Waals surface area contributed by atoms with Crippen LogP contribution in [0.2, 0.25) is 0 Å². The molecule has 0 saturated heterocycles. The van der Waals surface area contributed by atoms with Crippen molar-refractivity contribution in [2.45, 2.75) is 26.2 Å². The second kappa shape index (κ2) is 5.96. The van der Waals surface area contributed by atoms with Crippen LogP contribution in [0, 0.1) is 12.3 Å². The molecule has 6 nitrogen and oxygen atoms in total. The summed E-state index contributed by atoms with van der Waals surface area (Å²) in [4.78, 5) is 16.3. The van der Waals surface area contributed by atoms with Gasteiger partial charge in [-0.2, -0.15) is 0 Å². The van der Waals surface area contributed by atoms with Gasteiger partial charge in [0.15, 0.2) is 0 Å². The largest absolute Gasteiger partial charge is 0.396 e. The molecule has 0 bridgehead atoms. The number of urea groups is 1. The van der Waals surface area contributed by atoms with Crippen molar-refractivity contribution in [3.8, 4) is 0 Å². The lowest BCUT2D eigenvalue weighted by atomic mass is 10.1. The molecular weight excluding hydrogens is 280 g/mol. The van der Waals surface area contributed by atoms with Crippen molar-refractivity contribution in [3.05, 3.63) is 35.8 Å². The van der Waals surface area contributed by atoms with Crippen LogP contribution < -0.4 is 10.6 Å². The summed E-state index contributed by atoms with van der Waals surface area (Å²) in [6.07, 6.45) is 6.64. The van der Waals surface area contributed by atoms with E-state index in [1.165, 1.54) is 0 Å². The standard InChI is InChI=1S/C16H22N4O2/c1-12-3-2-8-20-9-13(19-14(12)20)4-7-17-15(22)18-10-16(11-21)5-6-16/h2-3,8-9,21H,4-7,10-11H2,1H3,(H2,17,18,22). The zero-order chi connectivity index (χ0) is 15.6. The van der Waals surface area contributed by atoms with E-state index in [2.05, 4.69) is 15.6 Å². The topological polar surface area (TPSA) is 78.7 Å². The number of fused-ring (bicyclic) bond motifs is 1. The van der Waals surface area contributed by atoms with Gasteiger partial charge in [-0.1, -0.05) is 6.07 Å². The van der Waals surface area contributed by atoms with Gasteiger partial charge in [-0.15, -0.1) is 0 Å². The van der Waals surface area contributed by atoms with Gasteiger partial charge in [0.1, 0.15) is 5.65 Å². The molecule has 0 unspecified atom stereocenters. The molecule has 22 heavy (non-hydrogen) atoms. The van der Waals surface area contributed by atoms with E-state index < -0.39 is 0 Å². The number of carbonyl (C=O) groups excluding carboxylic acids is 1. The average molecular weight is 302 g/mol. The first-order valence-electron chi connectivity index (χ1n) is 7.68. The molecule has 3 N–H and O–H groups in total. The Morgan fingerprint density at radius 3 is 2.95 bits per heavy atom. The summed E-state index contributed by atoms with van der Waals surface area (Å²) in [7, 11) is 0. The Labute approximate surface area is 129 Å². The Kier molecular flexibility index (Phi) is 4.02. The zero-order valence-corrected chi connectivity index (χ0v) is 12.8. The summed E-state index contributed by atoms with van der Waals surface area (Å²) in [6, 6.07) is 3.85. The van der Waals surface area contributed by atoms with E-state index in [-0.39, 0.29) is 18.1 Å². The summed E-state index contributed by atoms with van der Waals surface area (Å²) >= 11 is 0. The molecule has 1 aliphatic carbocycles. The summed E-state index contributed by atoms with van der Waals surface area (Å²) in [5.74, 6) is 0. The highest BCUT2D eigenvalue weighted by Crippen LogP contribution is 2.44. The molecule has 0 aromatic carbocycles. The normalized spacial score (nSPS) is 15.7. The number of carbonyl (C=O) groups is 1. The van der Waals surface area contributed by atoms with Crippen molar-refractivity contribution < 1.29 is 9.90 Å². The Hall–Kier alpha value is -2.08. The maximum atomic E-state index is 11.7. The van der Waals surface area contributed by atoms with E-state index in [1.807, 2.05) is 35.9 Å². The van der Waals surface area contributed by atoms with E-state index in [0.29, 0.717) is 19.5 Å². The summed E-state index contributed by atoms with van der Waals surface area (Å²) < 4.78 is 2.00. The van der Waals surface area contributed by atoms with Crippen LogP contribution in [0.4, 0.5) is 4.79 Å². The van der Waals surface area contributed by atoms with Gasteiger partial charge < -0.3 is 20.1 Å². The van der Waals surface area contributed by atoms with Crippen LogP contribution in [0.5, 0.6) is 0 Å². The van der Waals surface area contributed by atoms with Crippen molar-refractivity contribution in [1.82, 2.24) is 20.0 Å². The maximum absolute atomic E-state index is 11.7. The average Bonchev–Trinajstić information content (AvgIpc) is 3.18. The molecule has 2 aromatic rings. The number of pyridine rings is 1. The lowest BCUT2D eigenvalue weighted by Gasteiger charge is -2.13. The fourth-order valence-electron chi connectivity index (χ4n) is 2.53.